The Morgan fingerprint density at radius 2 is 2.00 bits per heavy atom. The van der Waals surface area contributed by atoms with Gasteiger partial charge in [0, 0.05) is 12.6 Å². The first-order valence-electron chi connectivity index (χ1n) is 5.69. The van der Waals surface area contributed by atoms with Crippen molar-refractivity contribution in [3.63, 3.8) is 0 Å². The molecule has 0 spiro atoms. The molecule has 1 unspecified atom stereocenters. The molecule has 17 heavy (non-hydrogen) atoms. The average Bonchev–Trinajstić information content (AvgIpc) is 2.11. The molecule has 5 nitrogen and oxygen atoms in total. The van der Waals surface area contributed by atoms with Crippen LogP contribution in [0.15, 0.2) is 12.2 Å². The number of rotatable bonds is 6. The Morgan fingerprint density at radius 3 is 2.47 bits per heavy atom. The average molecular weight is 244 g/mol. The predicted molar refractivity (Wildman–Crippen MR) is 67.6 cm³/mol. The fourth-order valence-electron chi connectivity index (χ4n) is 0.899. The molecular weight excluding hydrogens is 220 g/mol. The third kappa shape index (κ3) is 11.2. The second-order valence-corrected chi connectivity index (χ2v) is 5.15. The highest BCUT2D eigenvalue weighted by Gasteiger charge is 2.16. The van der Waals surface area contributed by atoms with E-state index in [1.54, 1.807) is 0 Å². The zero-order valence-corrected chi connectivity index (χ0v) is 11.4. The van der Waals surface area contributed by atoms with Crippen LogP contribution in [0.1, 0.15) is 34.6 Å². The first-order valence-corrected chi connectivity index (χ1v) is 5.69. The van der Waals surface area contributed by atoms with Crippen molar-refractivity contribution in [1.82, 2.24) is 10.8 Å². The molecule has 0 saturated carbocycles. The van der Waals surface area contributed by atoms with Gasteiger partial charge in [-0.3, -0.25) is 4.84 Å². The summed E-state index contributed by atoms with van der Waals surface area (Å²) in [5, 5.41) is 2.65. The highest BCUT2D eigenvalue weighted by molar-refractivity contribution is 5.67. The molecule has 0 aromatic heterocycles. The van der Waals surface area contributed by atoms with Gasteiger partial charge in [0.1, 0.15) is 5.60 Å². The second-order valence-electron chi connectivity index (χ2n) is 5.15. The van der Waals surface area contributed by atoms with Crippen LogP contribution in [-0.4, -0.2) is 30.9 Å². The van der Waals surface area contributed by atoms with Gasteiger partial charge in [-0.25, -0.2) is 4.79 Å². The number of ether oxygens (including phenoxy) is 1. The molecule has 0 radical (unpaired) electrons. The number of nitrogens with one attached hydrogen (secondary N) is 2. The minimum absolute atomic E-state index is 0.00173. The fraction of sp³-hybridized carbons (Fsp3) is 0.750. The van der Waals surface area contributed by atoms with Crippen LogP contribution in [0.4, 0.5) is 4.79 Å². The molecular formula is C12H24N2O3. The third-order valence-corrected chi connectivity index (χ3v) is 1.55. The lowest BCUT2D eigenvalue weighted by Crippen LogP contribution is -2.41. The van der Waals surface area contributed by atoms with E-state index in [1.165, 1.54) is 0 Å². The molecule has 0 rings (SSSR count). The van der Waals surface area contributed by atoms with Crippen molar-refractivity contribution < 1.29 is 14.4 Å². The lowest BCUT2D eigenvalue weighted by molar-refractivity contribution is 0.0305. The molecule has 1 amide bonds. The quantitative estimate of drug-likeness (QED) is 0.554. The van der Waals surface area contributed by atoms with E-state index in [2.05, 4.69) is 17.4 Å². The first kappa shape index (κ1) is 15.9. The molecule has 100 valence electrons. The van der Waals surface area contributed by atoms with E-state index in [-0.39, 0.29) is 6.04 Å². The van der Waals surface area contributed by atoms with Gasteiger partial charge in [0.2, 0.25) is 0 Å². The predicted octanol–water partition coefficient (Wildman–Crippen LogP) is 2.00. The summed E-state index contributed by atoms with van der Waals surface area (Å²) in [5.41, 5.74) is 3.26. The summed E-state index contributed by atoms with van der Waals surface area (Å²) in [5.74, 6) is 0. The SMILES string of the molecule is C=C(C)CONC(C)CNC(=O)OC(C)(C)C. The van der Waals surface area contributed by atoms with E-state index < -0.39 is 11.7 Å². The summed E-state index contributed by atoms with van der Waals surface area (Å²) < 4.78 is 5.10. The highest BCUT2D eigenvalue weighted by Crippen LogP contribution is 2.06. The number of carbonyl (C=O) groups is 1. The van der Waals surface area contributed by atoms with Crippen LogP contribution in [0.2, 0.25) is 0 Å². The molecule has 0 bridgehead atoms. The van der Waals surface area contributed by atoms with Crippen molar-refractivity contribution in [2.75, 3.05) is 13.2 Å². The smallest absolute Gasteiger partial charge is 0.407 e. The van der Waals surface area contributed by atoms with Crippen LogP contribution in [-0.2, 0) is 9.57 Å². The Bertz CT molecular complexity index is 259. The number of carbonyl (C=O) groups excluding carboxylic acids is 1. The molecule has 2 N–H and O–H groups in total. The number of hydroxylamine groups is 1. The first-order chi connectivity index (χ1) is 7.70. The van der Waals surface area contributed by atoms with Crippen LogP contribution in [0.5, 0.6) is 0 Å². The van der Waals surface area contributed by atoms with E-state index in [0.29, 0.717) is 13.2 Å². The van der Waals surface area contributed by atoms with Crippen molar-refractivity contribution in [2.45, 2.75) is 46.3 Å². The van der Waals surface area contributed by atoms with Gasteiger partial charge in [0.25, 0.3) is 0 Å². The van der Waals surface area contributed by atoms with Crippen LogP contribution in [0.25, 0.3) is 0 Å². The minimum Gasteiger partial charge on any atom is -0.444 e. The Morgan fingerprint density at radius 1 is 1.41 bits per heavy atom. The van der Waals surface area contributed by atoms with Crippen LogP contribution in [0, 0.1) is 0 Å². The summed E-state index contributed by atoms with van der Waals surface area (Å²) in [4.78, 5) is 16.5. The second kappa shape index (κ2) is 7.29. The van der Waals surface area contributed by atoms with Crippen LogP contribution < -0.4 is 10.8 Å². The zero-order valence-electron chi connectivity index (χ0n) is 11.4. The maximum absolute atomic E-state index is 11.3. The van der Waals surface area contributed by atoms with Crippen LogP contribution in [0.3, 0.4) is 0 Å². The number of alkyl carbamates (subject to hydrolysis) is 1. The Balaban J connectivity index is 3.66. The van der Waals surface area contributed by atoms with Crippen molar-refractivity contribution in [2.24, 2.45) is 0 Å². The lowest BCUT2D eigenvalue weighted by Gasteiger charge is -2.21. The maximum atomic E-state index is 11.3. The van der Waals surface area contributed by atoms with Gasteiger partial charge >= 0.3 is 6.09 Å². The largest absolute Gasteiger partial charge is 0.444 e. The summed E-state index contributed by atoms with van der Waals surface area (Å²) in [6.45, 7) is 13.9. The Labute approximate surface area is 104 Å². The normalized spacial score (nSPS) is 13.0. The standard InChI is InChI=1S/C12H24N2O3/c1-9(2)8-16-14-10(3)7-13-11(15)17-12(4,5)6/h10,14H,1,7-8H2,2-6H3,(H,13,15). The molecule has 0 aromatic rings. The summed E-state index contributed by atoms with van der Waals surface area (Å²) in [7, 11) is 0. The Hall–Kier alpha value is -1.07. The summed E-state index contributed by atoms with van der Waals surface area (Å²) >= 11 is 0. The molecule has 0 fully saturated rings. The molecule has 0 heterocycles. The minimum atomic E-state index is -0.475. The topological polar surface area (TPSA) is 59.6 Å². The molecule has 0 saturated heterocycles. The van der Waals surface area contributed by atoms with Gasteiger partial charge in [-0.2, -0.15) is 5.48 Å². The highest BCUT2D eigenvalue weighted by atomic mass is 16.6. The van der Waals surface area contributed by atoms with E-state index in [4.69, 9.17) is 9.57 Å². The van der Waals surface area contributed by atoms with Gasteiger partial charge in [-0.05, 0) is 34.6 Å². The third-order valence-electron chi connectivity index (χ3n) is 1.55. The Kier molecular flexibility index (Phi) is 6.83. The zero-order chi connectivity index (χ0) is 13.5. The number of hydrogen-bond acceptors (Lipinski definition) is 4. The van der Waals surface area contributed by atoms with Crippen molar-refractivity contribution in [1.29, 1.82) is 0 Å². The summed E-state index contributed by atoms with van der Waals surface area (Å²) in [6.07, 6.45) is -0.425. The van der Waals surface area contributed by atoms with Gasteiger partial charge in [0.05, 0.1) is 6.61 Å². The van der Waals surface area contributed by atoms with Crippen molar-refractivity contribution >= 4 is 6.09 Å². The van der Waals surface area contributed by atoms with Crippen molar-refractivity contribution in [3.05, 3.63) is 12.2 Å². The number of amides is 1. The summed E-state index contributed by atoms with van der Waals surface area (Å²) in [6, 6.07) is 0.00173. The molecule has 0 aliphatic heterocycles. The van der Waals surface area contributed by atoms with Gasteiger partial charge in [-0.1, -0.05) is 12.2 Å². The number of hydrogen-bond donors (Lipinski definition) is 2. The lowest BCUT2D eigenvalue weighted by atomic mass is 10.2. The fourth-order valence-corrected chi connectivity index (χ4v) is 0.899. The maximum Gasteiger partial charge on any atom is 0.407 e. The van der Waals surface area contributed by atoms with E-state index in [1.807, 2.05) is 34.6 Å². The molecule has 5 heteroatoms. The van der Waals surface area contributed by atoms with Gasteiger partial charge < -0.3 is 10.1 Å². The van der Waals surface area contributed by atoms with Gasteiger partial charge in [-0.15, -0.1) is 0 Å². The molecule has 1 atom stereocenters. The van der Waals surface area contributed by atoms with E-state index in [9.17, 15) is 4.79 Å². The van der Waals surface area contributed by atoms with Gasteiger partial charge in [0.15, 0.2) is 0 Å². The monoisotopic (exact) mass is 244 g/mol. The van der Waals surface area contributed by atoms with Crippen LogP contribution >= 0.6 is 0 Å². The van der Waals surface area contributed by atoms with E-state index >= 15 is 0 Å². The van der Waals surface area contributed by atoms with Crippen molar-refractivity contribution in [3.8, 4) is 0 Å². The molecule has 0 aliphatic carbocycles. The molecule has 0 aromatic carbocycles. The molecule has 0 aliphatic rings. The van der Waals surface area contributed by atoms with E-state index in [0.717, 1.165) is 5.57 Å².